The normalized spacial score (nSPS) is 11.9. The summed E-state index contributed by atoms with van der Waals surface area (Å²) < 4.78 is 25.3. The molecule has 1 unspecified atom stereocenters. The highest BCUT2D eigenvalue weighted by Gasteiger charge is 2.15. The number of hydrogen-bond acceptors (Lipinski definition) is 3. The van der Waals surface area contributed by atoms with Crippen molar-refractivity contribution in [2.75, 3.05) is 6.54 Å². The van der Waals surface area contributed by atoms with Crippen LogP contribution in [0, 0.1) is 11.6 Å². The Labute approximate surface area is 94.7 Å². The zero-order chi connectivity index (χ0) is 13.0. The van der Waals surface area contributed by atoms with E-state index in [9.17, 15) is 18.4 Å². The van der Waals surface area contributed by atoms with E-state index in [2.05, 4.69) is 5.32 Å². The Kier molecular flexibility index (Phi) is 4.11. The number of aliphatic hydroxyl groups is 1. The Morgan fingerprint density at radius 2 is 1.94 bits per heavy atom. The molecule has 0 saturated carbocycles. The van der Waals surface area contributed by atoms with Crippen molar-refractivity contribution in [3.05, 3.63) is 35.4 Å². The topological polar surface area (TPSA) is 86.6 Å². The molecule has 0 saturated heterocycles. The lowest BCUT2D eigenvalue weighted by atomic mass is 10.2. The number of halogens is 2. The third-order valence-corrected chi connectivity index (χ3v) is 1.92. The minimum Gasteiger partial charge on any atom is -0.479 e. The van der Waals surface area contributed by atoms with E-state index in [4.69, 9.17) is 10.2 Å². The number of benzene rings is 1. The summed E-state index contributed by atoms with van der Waals surface area (Å²) in [4.78, 5) is 21.6. The van der Waals surface area contributed by atoms with Crippen molar-refractivity contribution in [1.29, 1.82) is 0 Å². The molecule has 1 amide bonds. The molecule has 1 atom stereocenters. The van der Waals surface area contributed by atoms with Gasteiger partial charge in [-0.25, -0.2) is 13.6 Å². The summed E-state index contributed by atoms with van der Waals surface area (Å²) in [5, 5.41) is 19.3. The first-order chi connectivity index (χ1) is 7.91. The number of rotatable bonds is 4. The number of hydrogen-bond donors (Lipinski definition) is 3. The molecule has 5 nitrogen and oxygen atoms in total. The van der Waals surface area contributed by atoms with Gasteiger partial charge in [-0.15, -0.1) is 0 Å². The fraction of sp³-hybridized carbons (Fsp3) is 0.200. The molecule has 7 heteroatoms. The second-order valence-electron chi connectivity index (χ2n) is 3.19. The van der Waals surface area contributed by atoms with Crippen LogP contribution >= 0.6 is 0 Å². The molecule has 1 rings (SSSR count). The van der Waals surface area contributed by atoms with Crippen LogP contribution in [0.5, 0.6) is 0 Å². The van der Waals surface area contributed by atoms with Gasteiger partial charge in [0.25, 0.3) is 5.91 Å². The summed E-state index contributed by atoms with van der Waals surface area (Å²) in [5.74, 6) is -4.57. The van der Waals surface area contributed by atoms with E-state index >= 15 is 0 Å². The molecule has 0 aliphatic carbocycles. The molecule has 0 aromatic heterocycles. The Balaban J connectivity index is 2.64. The average Bonchev–Trinajstić information content (AvgIpc) is 2.28. The fourth-order valence-corrected chi connectivity index (χ4v) is 1.02. The standard InChI is InChI=1S/C10H9F2NO4/c11-6-2-1-5(3-7(6)12)9(15)13-4-8(14)10(16)17/h1-3,8,14H,4H2,(H,13,15)(H,16,17). The van der Waals surface area contributed by atoms with E-state index in [-0.39, 0.29) is 5.56 Å². The van der Waals surface area contributed by atoms with Crippen molar-refractivity contribution in [1.82, 2.24) is 5.32 Å². The monoisotopic (exact) mass is 245 g/mol. The Hall–Kier alpha value is -2.02. The van der Waals surface area contributed by atoms with E-state index < -0.39 is 36.2 Å². The van der Waals surface area contributed by atoms with Crippen LogP contribution in [0.2, 0.25) is 0 Å². The number of carboxylic acid groups (broad SMARTS) is 1. The highest BCUT2D eigenvalue weighted by molar-refractivity contribution is 5.94. The molecule has 0 aliphatic heterocycles. The third-order valence-electron chi connectivity index (χ3n) is 1.92. The molecule has 1 aromatic carbocycles. The number of carbonyl (C=O) groups excluding carboxylic acids is 1. The number of aliphatic carboxylic acids is 1. The Morgan fingerprint density at radius 1 is 1.29 bits per heavy atom. The molecule has 0 aliphatic rings. The van der Waals surface area contributed by atoms with Crippen LogP contribution < -0.4 is 5.32 Å². The van der Waals surface area contributed by atoms with Crippen molar-refractivity contribution < 1.29 is 28.6 Å². The lowest BCUT2D eigenvalue weighted by Gasteiger charge is -2.07. The molecule has 0 heterocycles. The van der Waals surface area contributed by atoms with Gasteiger partial charge < -0.3 is 15.5 Å². The summed E-state index contributed by atoms with van der Waals surface area (Å²) in [6.07, 6.45) is -1.75. The van der Waals surface area contributed by atoms with Gasteiger partial charge in [-0.05, 0) is 18.2 Å². The smallest absolute Gasteiger partial charge is 0.334 e. The Morgan fingerprint density at radius 3 is 2.47 bits per heavy atom. The largest absolute Gasteiger partial charge is 0.479 e. The van der Waals surface area contributed by atoms with Crippen LogP contribution in [0.15, 0.2) is 18.2 Å². The predicted molar refractivity (Wildman–Crippen MR) is 52.3 cm³/mol. The minimum atomic E-state index is -1.75. The van der Waals surface area contributed by atoms with Gasteiger partial charge in [0.2, 0.25) is 0 Å². The van der Waals surface area contributed by atoms with Gasteiger partial charge in [0.05, 0.1) is 6.54 Å². The van der Waals surface area contributed by atoms with E-state index in [1.807, 2.05) is 0 Å². The van der Waals surface area contributed by atoms with Crippen LogP contribution in [0.3, 0.4) is 0 Å². The molecule has 17 heavy (non-hydrogen) atoms. The third kappa shape index (κ3) is 3.49. The van der Waals surface area contributed by atoms with Crippen LogP contribution in [0.1, 0.15) is 10.4 Å². The molecular weight excluding hydrogens is 236 g/mol. The minimum absolute atomic E-state index is 0.165. The second-order valence-corrected chi connectivity index (χ2v) is 3.19. The van der Waals surface area contributed by atoms with E-state index in [0.29, 0.717) is 6.07 Å². The summed E-state index contributed by atoms with van der Waals surface area (Å²) in [6.45, 7) is -0.521. The maximum absolute atomic E-state index is 12.8. The lowest BCUT2D eigenvalue weighted by molar-refractivity contribution is -0.146. The van der Waals surface area contributed by atoms with Gasteiger partial charge in [0.15, 0.2) is 17.7 Å². The number of amides is 1. The van der Waals surface area contributed by atoms with E-state index in [0.717, 1.165) is 12.1 Å². The Bertz CT molecular complexity index is 450. The molecule has 1 aromatic rings. The molecule has 0 fully saturated rings. The van der Waals surface area contributed by atoms with Gasteiger partial charge in [-0.2, -0.15) is 0 Å². The molecule has 3 N–H and O–H groups in total. The first-order valence-electron chi connectivity index (χ1n) is 4.56. The van der Waals surface area contributed by atoms with Crippen molar-refractivity contribution in [2.24, 2.45) is 0 Å². The zero-order valence-electron chi connectivity index (χ0n) is 8.48. The number of carbonyl (C=O) groups is 2. The van der Waals surface area contributed by atoms with Crippen LogP contribution in [0.25, 0.3) is 0 Å². The highest BCUT2D eigenvalue weighted by Crippen LogP contribution is 2.08. The molecular formula is C10H9F2NO4. The zero-order valence-corrected chi connectivity index (χ0v) is 8.48. The number of aliphatic hydroxyl groups excluding tert-OH is 1. The fourth-order valence-electron chi connectivity index (χ4n) is 1.02. The maximum atomic E-state index is 12.8. The van der Waals surface area contributed by atoms with Gasteiger partial charge in [0, 0.05) is 5.56 Å². The van der Waals surface area contributed by atoms with Gasteiger partial charge in [-0.3, -0.25) is 4.79 Å². The van der Waals surface area contributed by atoms with E-state index in [1.54, 1.807) is 0 Å². The van der Waals surface area contributed by atoms with Gasteiger partial charge >= 0.3 is 5.97 Å². The summed E-state index contributed by atoms with van der Waals surface area (Å²) >= 11 is 0. The molecule has 0 bridgehead atoms. The number of carboxylic acids is 1. The SMILES string of the molecule is O=C(NCC(O)C(=O)O)c1ccc(F)c(F)c1. The first kappa shape index (κ1) is 13.0. The summed E-state index contributed by atoms with van der Waals surface area (Å²) in [5.41, 5.74) is -0.165. The molecule has 0 spiro atoms. The summed E-state index contributed by atoms with van der Waals surface area (Å²) in [7, 11) is 0. The van der Waals surface area contributed by atoms with Crippen molar-refractivity contribution in [3.8, 4) is 0 Å². The maximum Gasteiger partial charge on any atom is 0.334 e. The quantitative estimate of drug-likeness (QED) is 0.704. The highest BCUT2D eigenvalue weighted by atomic mass is 19.2. The van der Waals surface area contributed by atoms with E-state index in [1.165, 1.54) is 0 Å². The van der Waals surface area contributed by atoms with Crippen molar-refractivity contribution in [2.45, 2.75) is 6.10 Å². The summed E-state index contributed by atoms with van der Waals surface area (Å²) in [6, 6.07) is 2.50. The van der Waals surface area contributed by atoms with Crippen LogP contribution in [-0.4, -0.2) is 34.7 Å². The molecule has 0 radical (unpaired) electrons. The lowest BCUT2D eigenvalue weighted by Crippen LogP contribution is -2.36. The van der Waals surface area contributed by atoms with Crippen molar-refractivity contribution >= 4 is 11.9 Å². The van der Waals surface area contributed by atoms with Gasteiger partial charge in [0.1, 0.15) is 0 Å². The van der Waals surface area contributed by atoms with Crippen LogP contribution in [0.4, 0.5) is 8.78 Å². The number of nitrogens with one attached hydrogen (secondary N) is 1. The van der Waals surface area contributed by atoms with Crippen molar-refractivity contribution in [3.63, 3.8) is 0 Å². The molecule has 92 valence electrons. The van der Waals surface area contributed by atoms with Gasteiger partial charge in [-0.1, -0.05) is 0 Å². The average molecular weight is 245 g/mol. The van der Waals surface area contributed by atoms with Crippen LogP contribution in [-0.2, 0) is 4.79 Å². The second kappa shape index (κ2) is 5.35. The first-order valence-corrected chi connectivity index (χ1v) is 4.56. The predicted octanol–water partition coefficient (Wildman–Crippen LogP) is 0.140.